The zero-order valence-corrected chi connectivity index (χ0v) is 21.0. The summed E-state index contributed by atoms with van der Waals surface area (Å²) in [7, 11) is 0. The van der Waals surface area contributed by atoms with Crippen LogP contribution in [0.3, 0.4) is 0 Å². The van der Waals surface area contributed by atoms with Gasteiger partial charge in [-0.3, -0.25) is 9.59 Å². The third-order valence-electron chi connectivity index (χ3n) is 5.46. The molecule has 0 aliphatic heterocycles. The number of nitrogens with one attached hydrogen (secondary N) is 1. The summed E-state index contributed by atoms with van der Waals surface area (Å²) >= 11 is 3.52. The number of halogens is 1. The lowest BCUT2D eigenvalue weighted by molar-refractivity contribution is -0.142. The van der Waals surface area contributed by atoms with Gasteiger partial charge in [0, 0.05) is 13.1 Å². The number of nitrogens with zero attached hydrogens (tertiary/aromatic N) is 1. The zero-order chi connectivity index (χ0) is 23.3. The van der Waals surface area contributed by atoms with Crippen molar-refractivity contribution in [2.75, 3.05) is 19.7 Å². The summed E-state index contributed by atoms with van der Waals surface area (Å²) in [5.41, 5.74) is 2.32. The third kappa shape index (κ3) is 7.97. The van der Waals surface area contributed by atoms with E-state index >= 15 is 0 Å². The number of rotatable bonds is 13. The number of aryl methyl sites for hydroxylation is 1. The second-order valence-electron chi connectivity index (χ2n) is 7.80. The molecule has 1 atom stereocenters. The van der Waals surface area contributed by atoms with Crippen molar-refractivity contribution in [2.24, 2.45) is 0 Å². The normalized spacial score (nSPS) is 11.6. The molecule has 0 aliphatic carbocycles. The summed E-state index contributed by atoms with van der Waals surface area (Å²) < 4.78 is 6.66. The van der Waals surface area contributed by atoms with Crippen molar-refractivity contribution < 1.29 is 14.3 Å². The fourth-order valence-corrected chi connectivity index (χ4v) is 4.05. The molecule has 0 spiro atoms. The van der Waals surface area contributed by atoms with Crippen LogP contribution in [0, 0.1) is 0 Å². The van der Waals surface area contributed by atoms with Crippen LogP contribution in [-0.2, 0) is 22.4 Å². The van der Waals surface area contributed by atoms with Gasteiger partial charge in [0.1, 0.15) is 11.8 Å². The number of carbonyl (C=O) groups is 2. The third-order valence-corrected chi connectivity index (χ3v) is 6.08. The van der Waals surface area contributed by atoms with Gasteiger partial charge in [0.05, 0.1) is 4.47 Å². The van der Waals surface area contributed by atoms with Crippen molar-refractivity contribution >= 4 is 27.7 Å². The van der Waals surface area contributed by atoms with Gasteiger partial charge in [-0.2, -0.15) is 0 Å². The summed E-state index contributed by atoms with van der Waals surface area (Å²) in [5.74, 6) is 0.333. The average Bonchev–Trinajstić information content (AvgIpc) is 2.81. The van der Waals surface area contributed by atoms with Gasteiger partial charge < -0.3 is 15.0 Å². The lowest BCUT2D eigenvalue weighted by atomic mass is 10.1. The summed E-state index contributed by atoms with van der Waals surface area (Å²) in [4.78, 5) is 27.7. The molecular weight excluding hydrogens is 468 g/mol. The van der Waals surface area contributed by atoms with Crippen molar-refractivity contribution in [3.63, 3.8) is 0 Å². The molecule has 0 radical (unpaired) electrons. The predicted octanol–water partition coefficient (Wildman–Crippen LogP) is 5.16. The van der Waals surface area contributed by atoms with Crippen LogP contribution in [0.4, 0.5) is 0 Å². The average molecular weight is 503 g/mol. The van der Waals surface area contributed by atoms with Crippen LogP contribution in [0.1, 0.15) is 51.2 Å². The Kier molecular flexibility index (Phi) is 11.3. The van der Waals surface area contributed by atoms with Gasteiger partial charge in [-0.25, -0.2) is 0 Å². The van der Waals surface area contributed by atoms with E-state index in [0.29, 0.717) is 31.7 Å². The van der Waals surface area contributed by atoms with Crippen molar-refractivity contribution in [3.8, 4) is 5.75 Å². The molecule has 2 rings (SSSR count). The van der Waals surface area contributed by atoms with Crippen molar-refractivity contribution in [2.45, 2.75) is 58.9 Å². The molecule has 0 unspecified atom stereocenters. The van der Waals surface area contributed by atoms with E-state index in [2.05, 4.69) is 35.1 Å². The molecule has 32 heavy (non-hydrogen) atoms. The van der Waals surface area contributed by atoms with E-state index < -0.39 is 6.04 Å². The van der Waals surface area contributed by atoms with E-state index in [1.54, 1.807) is 4.90 Å². The van der Waals surface area contributed by atoms with E-state index in [1.807, 2.05) is 55.5 Å². The molecule has 2 aromatic carbocycles. The fourth-order valence-electron chi connectivity index (χ4n) is 3.51. The molecule has 0 bridgehead atoms. The number of ether oxygens (including phenoxy) is 1. The summed E-state index contributed by atoms with van der Waals surface area (Å²) in [6, 6.07) is 15.4. The summed E-state index contributed by atoms with van der Waals surface area (Å²) in [6.07, 6.45) is 4.09. The minimum Gasteiger partial charge on any atom is -0.483 e. The lowest BCUT2D eigenvalue weighted by Gasteiger charge is -2.30. The Bertz CT molecular complexity index is 857. The topological polar surface area (TPSA) is 58.6 Å². The minimum atomic E-state index is -0.516. The van der Waals surface area contributed by atoms with Gasteiger partial charge in [-0.05, 0) is 64.9 Å². The number of carbonyl (C=O) groups excluding carboxylic acids is 2. The number of benzene rings is 2. The first kappa shape index (κ1) is 25.9. The maximum atomic E-state index is 13.2. The van der Waals surface area contributed by atoms with Gasteiger partial charge in [0.2, 0.25) is 5.91 Å². The van der Waals surface area contributed by atoms with Gasteiger partial charge in [0.15, 0.2) is 6.61 Å². The van der Waals surface area contributed by atoms with Crippen LogP contribution in [0.2, 0.25) is 0 Å². The maximum absolute atomic E-state index is 13.2. The molecule has 2 aromatic rings. The second kappa shape index (κ2) is 13.9. The Labute approximate surface area is 200 Å². The molecule has 0 saturated carbocycles. The number of amides is 2. The number of hydrogen-bond donors (Lipinski definition) is 1. The smallest absolute Gasteiger partial charge is 0.261 e. The molecule has 1 N–H and O–H groups in total. The Balaban J connectivity index is 2.12. The lowest BCUT2D eigenvalue weighted by Crippen LogP contribution is -2.51. The molecule has 0 saturated heterocycles. The Hall–Kier alpha value is -2.34. The monoisotopic (exact) mass is 502 g/mol. The fraction of sp³-hybridized carbons (Fsp3) is 0.462. The van der Waals surface area contributed by atoms with Crippen LogP contribution in [0.25, 0.3) is 0 Å². The first-order chi connectivity index (χ1) is 15.5. The first-order valence-corrected chi connectivity index (χ1v) is 12.3. The van der Waals surface area contributed by atoms with Crippen LogP contribution >= 0.6 is 15.9 Å². The molecule has 5 nitrogen and oxygen atoms in total. The van der Waals surface area contributed by atoms with Crippen LogP contribution in [0.15, 0.2) is 53.0 Å². The Morgan fingerprint density at radius 3 is 2.44 bits per heavy atom. The first-order valence-electron chi connectivity index (χ1n) is 11.5. The molecule has 2 amide bonds. The highest BCUT2D eigenvalue weighted by molar-refractivity contribution is 9.10. The minimum absolute atomic E-state index is 0.101. The van der Waals surface area contributed by atoms with E-state index in [-0.39, 0.29) is 18.4 Å². The van der Waals surface area contributed by atoms with Crippen LogP contribution < -0.4 is 10.1 Å². The molecule has 0 fully saturated rings. The van der Waals surface area contributed by atoms with Crippen molar-refractivity contribution in [1.29, 1.82) is 0 Å². The molecule has 0 aliphatic rings. The maximum Gasteiger partial charge on any atom is 0.261 e. The van der Waals surface area contributed by atoms with Gasteiger partial charge in [-0.15, -0.1) is 0 Å². The number of unbranched alkanes of at least 4 members (excludes halogenated alkanes) is 1. The van der Waals surface area contributed by atoms with Crippen LogP contribution in [-0.4, -0.2) is 42.5 Å². The standard InChI is InChI=1S/C26H35BrN2O3/c1-4-7-16-28-26(31)23(6-3)29(17-15-21-11-9-8-10-12-21)25(30)19-32-24-14-13-20(5-2)18-22(24)27/h8-14,18,23H,4-7,15-17,19H2,1-3H3,(H,28,31)/t23-/m0/s1. The molecule has 0 heterocycles. The van der Waals surface area contributed by atoms with Crippen molar-refractivity contribution in [1.82, 2.24) is 10.2 Å². The van der Waals surface area contributed by atoms with E-state index in [4.69, 9.17) is 4.74 Å². The molecule has 0 aromatic heterocycles. The van der Waals surface area contributed by atoms with Crippen molar-refractivity contribution in [3.05, 3.63) is 64.1 Å². The SMILES string of the molecule is CCCCNC(=O)[C@H](CC)N(CCc1ccccc1)C(=O)COc1ccc(CC)cc1Br. The van der Waals surface area contributed by atoms with Crippen LogP contribution in [0.5, 0.6) is 5.75 Å². The summed E-state index contributed by atoms with van der Waals surface area (Å²) in [6.45, 7) is 7.08. The zero-order valence-electron chi connectivity index (χ0n) is 19.4. The molecule has 6 heteroatoms. The van der Waals surface area contributed by atoms with E-state index in [0.717, 1.165) is 29.3 Å². The summed E-state index contributed by atoms with van der Waals surface area (Å²) in [5, 5.41) is 2.98. The van der Waals surface area contributed by atoms with Gasteiger partial charge in [-0.1, -0.05) is 63.6 Å². The van der Waals surface area contributed by atoms with E-state index in [9.17, 15) is 9.59 Å². The highest BCUT2D eigenvalue weighted by Crippen LogP contribution is 2.26. The largest absolute Gasteiger partial charge is 0.483 e. The molecule has 174 valence electrons. The predicted molar refractivity (Wildman–Crippen MR) is 133 cm³/mol. The second-order valence-corrected chi connectivity index (χ2v) is 8.65. The number of hydrogen-bond acceptors (Lipinski definition) is 3. The highest BCUT2D eigenvalue weighted by atomic mass is 79.9. The van der Waals surface area contributed by atoms with Gasteiger partial charge >= 0.3 is 0 Å². The Morgan fingerprint density at radius 2 is 1.81 bits per heavy atom. The van der Waals surface area contributed by atoms with E-state index in [1.165, 1.54) is 5.56 Å². The molecular formula is C26H35BrN2O3. The highest BCUT2D eigenvalue weighted by Gasteiger charge is 2.28. The van der Waals surface area contributed by atoms with Gasteiger partial charge in [0.25, 0.3) is 5.91 Å². The Morgan fingerprint density at radius 1 is 1.06 bits per heavy atom. The quantitative estimate of drug-likeness (QED) is 0.385.